The highest BCUT2D eigenvalue weighted by molar-refractivity contribution is 6.01. The van der Waals surface area contributed by atoms with Crippen LogP contribution in [0.1, 0.15) is 15.9 Å². The lowest BCUT2D eigenvalue weighted by molar-refractivity contribution is 0.0625. The summed E-state index contributed by atoms with van der Waals surface area (Å²) in [5.74, 6) is 2.49. The molecule has 4 rings (SSSR count). The zero-order valence-corrected chi connectivity index (χ0v) is 20.8. The molecule has 0 aromatic heterocycles. The molecular weight excluding hydrogens is 456 g/mol. The van der Waals surface area contributed by atoms with Crippen molar-refractivity contribution in [2.24, 2.45) is 0 Å². The van der Waals surface area contributed by atoms with Gasteiger partial charge in [-0.2, -0.15) is 0 Å². The number of fused-ring (bicyclic) bond motifs is 1. The van der Waals surface area contributed by atoms with Crippen molar-refractivity contribution >= 4 is 29.1 Å². The van der Waals surface area contributed by atoms with Gasteiger partial charge in [0.05, 0.1) is 34.0 Å². The Labute approximate surface area is 206 Å². The Morgan fingerprint density at radius 1 is 0.765 bits per heavy atom. The molecule has 1 aliphatic heterocycles. The minimum absolute atomic E-state index is 0. The number of benzene rings is 3. The topological polar surface area (TPSA) is 60.5 Å². The molecule has 1 aliphatic rings. The van der Waals surface area contributed by atoms with Crippen molar-refractivity contribution in [3.63, 3.8) is 0 Å². The average Bonchev–Trinajstić information content (AvgIpc) is 2.87. The third-order valence-electron chi connectivity index (χ3n) is 6.09. The maximum Gasteiger partial charge on any atom is 0.257 e. The summed E-state index contributed by atoms with van der Waals surface area (Å²) in [6.45, 7) is 3.59. The lowest BCUT2D eigenvalue weighted by Crippen LogP contribution is -2.48. The standard InChI is InChI=1S/C26H30N2O5.ClH/c1-30-22-16-20-8-6-5-7-19(20)15-21(22)26(29)28-11-9-27(10-12-28)17-18-13-23(31-2)25(33-4)24(14-18)32-3;/h5-8,13-16H,9-12,17H2,1-4H3;1H. The van der Waals surface area contributed by atoms with Gasteiger partial charge in [0, 0.05) is 32.7 Å². The van der Waals surface area contributed by atoms with E-state index in [0.29, 0.717) is 41.7 Å². The molecule has 0 atom stereocenters. The molecule has 3 aromatic rings. The van der Waals surface area contributed by atoms with Gasteiger partial charge in [-0.15, -0.1) is 12.4 Å². The lowest BCUT2D eigenvalue weighted by Gasteiger charge is -2.35. The van der Waals surface area contributed by atoms with Crippen molar-refractivity contribution in [3.8, 4) is 23.0 Å². The molecule has 34 heavy (non-hydrogen) atoms. The Morgan fingerprint density at radius 3 is 1.85 bits per heavy atom. The predicted molar refractivity (Wildman–Crippen MR) is 135 cm³/mol. The summed E-state index contributed by atoms with van der Waals surface area (Å²) in [5.41, 5.74) is 1.68. The van der Waals surface area contributed by atoms with Crippen LogP contribution in [0, 0.1) is 0 Å². The fourth-order valence-corrected chi connectivity index (χ4v) is 4.32. The first-order valence-corrected chi connectivity index (χ1v) is 10.9. The van der Waals surface area contributed by atoms with Crippen molar-refractivity contribution in [1.29, 1.82) is 0 Å². The van der Waals surface area contributed by atoms with Crippen LogP contribution < -0.4 is 18.9 Å². The van der Waals surface area contributed by atoms with E-state index in [0.717, 1.165) is 36.0 Å². The normalized spacial score (nSPS) is 13.8. The first-order chi connectivity index (χ1) is 16.1. The second-order valence-corrected chi connectivity index (χ2v) is 8.00. The van der Waals surface area contributed by atoms with Crippen LogP contribution in [0.25, 0.3) is 10.8 Å². The van der Waals surface area contributed by atoms with E-state index in [2.05, 4.69) is 4.90 Å². The zero-order valence-electron chi connectivity index (χ0n) is 20.0. The Bertz CT molecular complexity index is 1120. The number of hydrogen-bond acceptors (Lipinski definition) is 6. The highest BCUT2D eigenvalue weighted by Crippen LogP contribution is 2.38. The van der Waals surface area contributed by atoms with Gasteiger partial charge in [0.1, 0.15) is 5.75 Å². The Kier molecular flexibility index (Phi) is 8.47. The molecule has 0 bridgehead atoms. The first-order valence-electron chi connectivity index (χ1n) is 10.9. The molecule has 182 valence electrons. The molecule has 1 amide bonds. The van der Waals surface area contributed by atoms with Crippen LogP contribution >= 0.6 is 12.4 Å². The smallest absolute Gasteiger partial charge is 0.257 e. The molecule has 0 aliphatic carbocycles. The maximum atomic E-state index is 13.3. The van der Waals surface area contributed by atoms with E-state index in [9.17, 15) is 4.79 Å². The minimum Gasteiger partial charge on any atom is -0.496 e. The van der Waals surface area contributed by atoms with Gasteiger partial charge in [0.2, 0.25) is 5.75 Å². The van der Waals surface area contributed by atoms with E-state index in [4.69, 9.17) is 18.9 Å². The SMILES string of the molecule is COc1cc2ccccc2cc1C(=O)N1CCN(Cc2cc(OC)c(OC)c(OC)c2)CC1.Cl. The Balaban J connectivity index is 0.00000324. The lowest BCUT2D eigenvalue weighted by atomic mass is 10.0. The van der Waals surface area contributed by atoms with Crippen LogP contribution in [0.15, 0.2) is 48.5 Å². The van der Waals surface area contributed by atoms with Gasteiger partial charge in [-0.05, 0) is 40.6 Å². The highest BCUT2D eigenvalue weighted by Gasteiger charge is 2.25. The number of piperazine rings is 1. The van der Waals surface area contributed by atoms with Crippen LogP contribution in [0.3, 0.4) is 0 Å². The fraction of sp³-hybridized carbons (Fsp3) is 0.346. The number of hydrogen-bond donors (Lipinski definition) is 0. The second kappa shape index (κ2) is 11.3. The Hall–Kier alpha value is -3.16. The molecular formula is C26H31ClN2O5. The summed E-state index contributed by atoms with van der Waals surface area (Å²) < 4.78 is 21.9. The predicted octanol–water partition coefficient (Wildman–Crippen LogP) is 4.25. The number of amides is 1. The molecule has 8 heteroatoms. The summed E-state index contributed by atoms with van der Waals surface area (Å²) >= 11 is 0. The van der Waals surface area contributed by atoms with E-state index >= 15 is 0 Å². The molecule has 1 saturated heterocycles. The molecule has 0 unspecified atom stereocenters. The van der Waals surface area contributed by atoms with Crippen molar-refractivity contribution in [2.75, 3.05) is 54.6 Å². The summed E-state index contributed by atoms with van der Waals surface area (Å²) in [5, 5.41) is 2.09. The van der Waals surface area contributed by atoms with Crippen LogP contribution in [0.5, 0.6) is 23.0 Å². The number of halogens is 1. The summed E-state index contributed by atoms with van der Waals surface area (Å²) in [6, 6.07) is 15.8. The minimum atomic E-state index is 0. The van der Waals surface area contributed by atoms with Gasteiger partial charge < -0.3 is 23.8 Å². The van der Waals surface area contributed by atoms with Crippen molar-refractivity contribution in [2.45, 2.75) is 6.54 Å². The number of rotatable bonds is 7. The highest BCUT2D eigenvalue weighted by atomic mass is 35.5. The number of carbonyl (C=O) groups excluding carboxylic acids is 1. The van der Waals surface area contributed by atoms with Gasteiger partial charge >= 0.3 is 0 Å². The quantitative estimate of drug-likeness (QED) is 0.497. The van der Waals surface area contributed by atoms with Crippen molar-refractivity contribution < 1.29 is 23.7 Å². The van der Waals surface area contributed by atoms with Crippen LogP contribution in [0.4, 0.5) is 0 Å². The summed E-state index contributed by atoms with van der Waals surface area (Å²) in [4.78, 5) is 17.5. The van der Waals surface area contributed by atoms with E-state index < -0.39 is 0 Å². The molecule has 3 aromatic carbocycles. The maximum absolute atomic E-state index is 13.3. The number of nitrogens with zero attached hydrogens (tertiary/aromatic N) is 2. The monoisotopic (exact) mass is 486 g/mol. The van der Waals surface area contributed by atoms with Gasteiger partial charge in [0.15, 0.2) is 11.5 Å². The van der Waals surface area contributed by atoms with E-state index in [-0.39, 0.29) is 18.3 Å². The van der Waals surface area contributed by atoms with Gasteiger partial charge in [-0.1, -0.05) is 24.3 Å². The number of carbonyl (C=O) groups is 1. The van der Waals surface area contributed by atoms with Crippen molar-refractivity contribution in [3.05, 3.63) is 59.7 Å². The summed E-state index contributed by atoms with van der Waals surface area (Å²) in [7, 11) is 6.44. The molecule has 0 N–H and O–H groups in total. The third kappa shape index (κ3) is 5.16. The molecule has 1 fully saturated rings. The van der Waals surface area contributed by atoms with Gasteiger partial charge in [-0.3, -0.25) is 9.69 Å². The fourth-order valence-electron chi connectivity index (χ4n) is 4.32. The number of ether oxygens (including phenoxy) is 4. The van der Waals surface area contributed by atoms with E-state index in [1.54, 1.807) is 28.4 Å². The number of methoxy groups -OCH3 is 4. The molecule has 1 heterocycles. The summed E-state index contributed by atoms with van der Waals surface area (Å²) in [6.07, 6.45) is 0. The Morgan fingerprint density at radius 2 is 1.32 bits per heavy atom. The first kappa shape index (κ1) is 25.5. The molecule has 0 radical (unpaired) electrons. The molecule has 0 saturated carbocycles. The largest absolute Gasteiger partial charge is 0.496 e. The van der Waals surface area contributed by atoms with Gasteiger partial charge in [-0.25, -0.2) is 0 Å². The van der Waals surface area contributed by atoms with Gasteiger partial charge in [0.25, 0.3) is 5.91 Å². The van der Waals surface area contributed by atoms with Crippen molar-refractivity contribution in [1.82, 2.24) is 9.80 Å². The van der Waals surface area contributed by atoms with E-state index in [1.165, 1.54) is 0 Å². The molecule has 0 spiro atoms. The van der Waals surface area contributed by atoms with Crippen LogP contribution in [-0.2, 0) is 6.54 Å². The zero-order chi connectivity index (χ0) is 23.4. The second-order valence-electron chi connectivity index (χ2n) is 8.00. The van der Waals surface area contributed by atoms with Crippen LogP contribution in [0.2, 0.25) is 0 Å². The third-order valence-corrected chi connectivity index (χ3v) is 6.09. The molecule has 7 nitrogen and oxygen atoms in total. The average molecular weight is 487 g/mol. The van der Waals surface area contributed by atoms with Crippen LogP contribution in [-0.4, -0.2) is 70.3 Å². The van der Waals surface area contributed by atoms with E-state index in [1.807, 2.05) is 53.4 Å².